The smallest absolute Gasteiger partial charge is 0.317 e. The average molecular weight is 270 g/mol. The topological polar surface area (TPSA) is 52.6 Å². The van der Waals surface area contributed by atoms with Crippen molar-refractivity contribution in [2.24, 2.45) is 11.3 Å². The van der Waals surface area contributed by atoms with Gasteiger partial charge in [-0.2, -0.15) is 0 Å². The summed E-state index contributed by atoms with van der Waals surface area (Å²) in [5, 5.41) is 12.5. The number of hydrogen-bond donors (Lipinski definition) is 2. The number of likely N-dealkylation sites (tertiary alicyclic amines) is 1. The summed E-state index contributed by atoms with van der Waals surface area (Å²) in [6.07, 6.45) is 3.72. The molecule has 0 saturated carbocycles. The molecule has 0 spiro atoms. The molecule has 0 aromatic carbocycles. The van der Waals surface area contributed by atoms with E-state index in [1.807, 2.05) is 11.8 Å². The molecule has 0 bridgehead atoms. The molecule has 0 aliphatic carbocycles. The number of rotatable bonds is 4. The molecule has 1 heterocycles. The second-order valence-corrected chi connectivity index (χ2v) is 6.96. The molecule has 2 N–H and O–H groups in total. The number of aliphatic hydroxyl groups is 1. The number of carbonyl (C=O) groups is 1. The van der Waals surface area contributed by atoms with Crippen LogP contribution in [0.5, 0.6) is 0 Å². The Labute approximate surface area is 117 Å². The van der Waals surface area contributed by atoms with Gasteiger partial charge in [0.15, 0.2) is 0 Å². The molecular formula is C15H30N2O2. The van der Waals surface area contributed by atoms with Crippen LogP contribution in [0.15, 0.2) is 0 Å². The fourth-order valence-corrected chi connectivity index (χ4v) is 2.51. The molecular weight excluding hydrogens is 240 g/mol. The van der Waals surface area contributed by atoms with Gasteiger partial charge in [0.1, 0.15) is 0 Å². The standard InChI is InChI=1S/C15H30N2O2/c1-12(18)13-6-10-17(11-7-13)14(19)16-9-5-8-15(2,3)4/h12-13,18H,5-11H2,1-4H3,(H,16,19). The van der Waals surface area contributed by atoms with Crippen molar-refractivity contribution in [3.8, 4) is 0 Å². The molecule has 1 fully saturated rings. The summed E-state index contributed by atoms with van der Waals surface area (Å²) in [6, 6.07) is 0.0537. The lowest BCUT2D eigenvalue weighted by Gasteiger charge is -2.33. The highest BCUT2D eigenvalue weighted by atomic mass is 16.3. The Kier molecular flexibility index (Phi) is 6.11. The number of piperidine rings is 1. The van der Waals surface area contributed by atoms with Crippen LogP contribution in [-0.4, -0.2) is 41.8 Å². The van der Waals surface area contributed by atoms with Gasteiger partial charge < -0.3 is 15.3 Å². The first kappa shape index (κ1) is 16.3. The summed E-state index contributed by atoms with van der Waals surface area (Å²) in [4.78, 5) is 13.8. The van der Waals surface area contributed by atoms with E-state index in [1.165, 1.54) is 0 Å². The normalized spacial score (nSPS) is 19.3. The van der Waals surface area contributed by atoms with Crippen LogP contribution in [0.2, 0.25) is 0 Å². The molecule has 1 saturated heterocycles. The molecule has 1 aliphatic rings. The van der Waals surface area contributed by atoms with Gasteiger partial charge in [0.2, 0.25) is 0 Å². The Hall–Kier alpha value is -0.770. The lowest BCUT2D eigenvalue weighted by molar-refractivity contribution is 0.0798. The van der Waals surface area contributed by atoms with E-state index in [9.17, 15) is 9.90 Å². The van der Waals surface area contributed by atoms with Crippen LogP contribution in [0.1, 0.15) is 53.4 Å². The monoisotopic (exact) mass is 270 g/mol. The number of carbonyl (C=O) groups excluding carboxylic acids is 1. The molecule has 1 atom stereocenters. The van der Waals surface area contributed by atoms with E-state index in [4.69, 9.17) is 0 Å². The van der Waals surface area contributed by atoms with Crippen LogP contribution in [-0.2, 0) is 0 Å². The maximum absolute atomic E-state index is 12.0. The number of aliphatic hydroxyl groups excluding tert-OH is 1. The molecule has 0 radical (unpaired) electrons. The zero-order valence-corrected chi connectivity index (χ0v) is 12.9. The fourth-order valence-electron chi connectivity index (χ4n) is 2.51. The Balaban J connectivity index is 2.18. The van der Waals surface area contributed by atoms with Gasteiger partial charge in [0.05, 0.1) is 6.10 Å². The van der Waals surface area contributed by atoms with Crippen LogP contribution >= 0.6 is 0 Å². The van der Waals surface area contributed by atoms with Gasteiger partial charge in [-0.05, 0) is 43.9 Å². The zero-order chi connectivity index (χ0) is 14.5. The largest absolute Gasteiger partial charge is 0.393 e. The highest BCUT2D eigenvalue weighted by molar-refractivity contribution is 5.74. The van der Waals surface area contributed by atoms with E-state index in [0.29, 0.717) is 11.3 Å². The van der Waals surface area contributed by atoms with E-state index < -0.39 is 0 Å². The Morgan fingerprint density at radius 2 is 1.95 bits per heavy atom. The molecule has 4 nitrogen and oxygen atoms in total. The highest BCUT2D eigenvalue weighted by Crippen LogP contribution is 2.21. The Bertz CT molecular complexity index is 276. The first-order valence-electron chi connectivity index (χ1n) is 7.50. The maximum atomic E-state index is 12.0. The minimum Gasteiger partial charge on any atom is -0.393 e. The molecule has 19 heavy (non-hydrogen) atoms. The third kappa shape index (κ3) is 6.28. The van der Waals surface area contributed by atoms with Crippen LogP contribution in [0.3, 0.4) is 0 Å². The van der Waals surface area contributed by atoms with Gasteiger partial charge >= 0.3 is 6.03 Å². The van der Waals surface area contributed by atoms with Gasteiger partial charge in [-0.25, -0.2) is 4.79 Å². The van der Waals surface area contributed by atoms with Gasteiger partial charge in [0.25, 0.3) is 0 Å². The molecule has 1 unspecified atom stereocenters. The summed E-state index contributed by atoms with van der Waals surface area (Å²) in [7, 11) is 0. The van der Waals surface area contributed by atoms with Crippen LogP contribution in [0.25, 0.3) is 0 Å². The first-order chi connectivity index (χ1) is 8.79. The summed E-state index contributed by atoms with van der Waals surface area (Å²) >= 11 is 0. The Morgan fingerprint density at radius 3 is 2.42 bits per heavy atom. The lowest BCUT2D eigenvalue weighted by atomic mass is 9.91. The van der Waals surface area contributed by atoms with Crippen LogP contribution in [0.4, 0.5) is 4.79 Å². The van der Waals surface area contributed by atoms with E-state index in [0.717, 1.165) is 45.3 Å². The van der Waals surface area contributed by atoms with Crippen molar-refractivity contribution in [3.05, 3.63) is 0 Å². The third-order valence-corrected chi connectivity index (χ3v) is 3.89. The zero-order valence-electron chi connectivity index (χ0n) is 12.9. The van der Waals surface area contributed by atoms with Crippen molar-refractivity contribution in [2.45, 2.75) is 59.5 Å². The highest BCUT2D eigenvalue weighted by Gasteiger charge is 2.25. The molecule has 0 aromatic heterocycles. The van der Waals surface area contributed by atoms with Gasteiger partial charge in [-0.15, -0.1) is 0 Å². The summed E-state index contributed by atoms with van der Waals surface area (Å²) < 4.78 is 0. The Morgan fingerprint density at radius 1 is 1.37 bits per heavy atom. The average Bonchev–Trinajstić information content (AvgIpc) is 2.33. The third-order valence-electron chi connectivity index (χ3n) is 3.89. The number of nitrogens with zero attached hydrogens (tertiary/aromatic N) is 1. The van der Waals surface area contributed by atoms with Gasteiger partial charge in [-0.1, -0.05) is 20.8 Å². The predicted octanol–water partition coefficient (Wildman–Crippen LogP) is 2.62. The molecule has 1 rings (SSSR count). The van der Waals surface area contributed by atoms with E-state index in [1.54, 1.807) is 0 Å². The number of hydrogen-bond acceptors (Lipinski definition) is 2. The number of urea groups is 1. The quantitative estimate of drug-likeness (QED) is 0.772. The van der Waals surface area contributed by atoms with E-state index in [-0.39, 0.29) is 12.1 Å². The van der Waals surface area contributed by atoms with Gasteiger partial charge in [0, 0.05) is 19.6 Å². The van der Waals surface area contributed by atoms with Gasteiger partial charge in [-0.3, -0.25) is 0 Å². The lowest BCUT2D eigenvalue weighted by Crippen LogP contribution is -2.46. The molecule has 4 heteroatoms. The summed E-state index contributed by atoms with van der Waals surface area (Å²) in [5.41, 5.74) is 0.334. The van der Waals surface area contributed by atoms with Crippen molar-refractivity contribution in [2.75, 3.05) is 19.6 Å². The van der Waals surface area contributed by atoms with Crippen molar-refractivity contribution < 1.29 is 9.90 Å². The van der Waals surface area contributed by atoms with Crippen molar-refractivity contribution >= 4 is 6.03 Å². The number of nitrogens with one attached hydrogen (secondary N) is 1. The van der Waals surface area contributed by atoms with Crippen molar-refractivity contribution in [3.63, 3.8) is 0 Å². The van der Waals surface area contributed by atoms with Crippen molar-refractivity contribution in [1.82, 2.24) is 10.2 Å². The second-order valence-electron chi connectivity index (χ2n) is 6.96. The SMILES string of the molecule is CC(O)C1CCN(C(=O)NCCCC(C)(C)C)CC1. The molecule has 1 aliphatic heterocycles. The minimum absolute atomic E-state index is 0.0537. The van der Waals surface area contributed by atoms with E-state index >= 15 is 0 Å². The molecule has 2 amide bonds. The maximum Gasteiger partial charge on any atom is 0.317 e. The molecule has 112 valence electrons. The second kappa shape index (κ2) is 7.13. The van der Waals surface area contributed by atoms with Crippen LogP contribution < -0.4 is 5.32 Å². The molecule has 0 aromatic rings. The fraction of sp³-hybridized carbons (Fsp3) is 0.933. The first-order valence-corrected chi connectivity index (χ1v) is 7.50. The number of amides is 2. The summed E-state index contributed by atoms with van der Waals surface area (Å²) in [6.45, 7) is 10.8. The van der Waals surface area contributed by atoms with Crippen molar-refractivity contribution in [1.29, 1.82) is 0 Å². The summed E-state index contributed by atoms with van der Waals surface area (Å²) in [5.74, 6) is 0.352. The van der Waals surface area contributed by atoms with E-state index in [2.05, 4.69) is 26.1 Å². The predicted molar refractivity (Wildman–Crippen MR) is 78.1 cm³/mol. The van der Waals surface area contributed by atoms with Crippen LogP contribution in [0, 0.1) is 11.3 Å². The minimum atomic E-state index is -0.253.